The Kier molecular flexibility index (Phi) is 6.83. The zero-order valence-corrected chi connectivity index (χ0v) is 16.7. The van der Waals surface area contributed by atoms with Crippen molar-refractivity contribution in [1.29, 1.82) is 0 Å². The molecule has 0 spiro atoms. The quantitative estimate of drug-likeness (QED) is 0.783. The summed E-state index contributed by atoms with van der Waals surface area (Å²) in [5.41, 5.74) is 4.26. The summed E-state index contributed by atoms with van der Waals surface area (Å²) in [7, 11) is -3.48. The Labute approximate surface area is 163 Å². The van der Waals surface area contributed by atoms with Crippen molar-refractivity contribution in [3.8, 4) is 0 Å². The molecule has 1 aliphatic rings. The van der Waals surface area contributed by atoms with Gasteiger partial charge in [-0.2, -0.15) is 0 Å². The Hall–Kier alpha value is -1.95. The highest BCUT2D eigenvalue weighted by molar-refractivity contribution is 7.92. The van der Waals surface area contributed by atoms with Crippen molar-refractivity contribution in [2.24, 2.45) is 0 Å². The van der Waals surface area contributed by atoms with Crippen LogP contribution >= 0.6 is 0 Å². The second-order valence-electron chi connectivity index (χ2n) is 7.19. The molecule has 0 radical (unpaired) electrons. The van der Waals surface area contributed by atoms with Gasteiger partial charge in [0, 0.05) is 18.5 Å². The molecule has 0 aliphatic carbocycles. The van der Waals surface area contributed by atoms with E-state index in [0.717, 1.165) is 36.3 Å². The van der Waals surface area contributed by atoms with Gasteiger partial charge in [-0.15, -0.1) is 0 Å². The van der Waals surface area contributed by atoms with E-state index in [1.54, 1.807) is 6.08 Å². The fourth-order valence-corrected chi connectivity index (χ4v) is 4.10. The van der Waals surface area contributed by atoms with Crippen molar-refractivity contribution in [3.05, 3.63) is 76.2 Å². The van der Waals surface area contributed by atoms with Gasteiger partial charge < -0.3 is 0 Å². The minimum atomic E-state index is -3.48. The van der Waals surface area contributed by atoms with E-state index in [1.807, 2.05) is 49.4 Å². The van der Waals surface area contributed by atoms with E-state index in [-0.39, 0.29) is 0 Å². The molecule has 3 rings (SSSR count). The Morgan fingerprint density at radius 3 is 2.33 bits per heavy atom. The summed E-state index contributed by atoms with van der Waals surface area (Å²) in [5, 5.41) is 1.24. The van der Waals surface area contributed by atoms with Crippen LogP contribution in [0.4, 0.5) is 0 Å². The van der Waals surface area contributed by atoms with Crippen LogP contribution in [-0.2, 0) is 23.1 Å². The molecular formula is C22H28N2O2S. The number of nitrogens with one attached hydrogen (secondary N) is 1. The number of nitrogens with zero attached hydrogens (tertiary/aromatic N) is 1. The second kappa shape index (κ2) is 9.31. The minimum absolute atomic E-state index is 0.310. The molecule has 0 amide bonds. The normalized spacial score (nSPS) is 16.0. The second-order valence-corrected chi connectivity index (χ2v) is 8.84. The molecule has 0 aromatic heterocycles. The smallest absolute Gasteiger partial charge is 0.234 e. The van der Waals surface area contributed by atoms with Crippen molar-refractivity contribution in [3.63, 3.8) is 0 Å². The summed E-state index contributed by atoms with van der Waals surface area (Å²) in [6.45, 7) is 5.45. The number of sulfonamides is 1. The van der Waals surface area contributed by atoms with Gasteiger partial charge in [-0.1, -0.05) is 60.5 Å². The topological polar surface area (TPSA) is 49.4 Å². The summed E-state index contributed by atoms with van der Waals surface area (Å²) in [5.74, 6) is 0. The van der Waals surface area contributed by atoms with Crippen molar-refractivity contribution in [1.82, 2.24) is 9.62 Å². The third-order valence-corrected chi connectivity index (χ3v) is 5.98. The van der Waals surface area contributed by atoms with Gasteiger partial charge in [-0.25, -0.2) is 13.1 Å². The maximum Gasteiger partial charge on any atom is 0.234 e. The molecule has 4 nitrogen and oxygen atoms in total. The third-order valence-electron chi connectivity index (χ3n) is 4.94. The summed E-state index contributed by atoms with van der Waals surface area (Å²) in [6, 6.07) is 15.9. The van der Waals surface area contributed by atoms with E-state index in [1.165, 1.54) is 30.2 Å². The summed E-state index contributed by atoms with van der Waals surface area (Å²) < 4.78 is 27.4. The number of rotatable bonds is 7. The van der Waals surface area contributed by atoms with Gasteiger partial charge in [-0.3, -0.25) is 4.90 Å². The molecule has 144 valence electrons. The van der Waals surface area contributed by atoms with Gasteiger partial charge in [0.25, 0.3) is 0 Å². The van der Waals surface area contributed by atoms with E-state index >= 15 is 0 Å². The van der Waals surface area contributed by atoms with Crippen LogP contribution in [-0.4, -0.2) is 26.4 Å². The molecule has 0 bridgehead atoms. The Bertz CT molecular complexity index is 867. The highest BCUT2D eigenvalue weighted by atomic mass is 32.2. The van der Waals surface area contributed by atoms with Gasteiger partial charge in [-0.05, 0) is 55.6 Å². The van der Waals surface area contributed by atoms with Crippen LogP contribution in [0.1, 0.15) is 41.5 Å². The first-order valence-corrected chi connectivity index (χ1v) is 11.1. The zero-order chi connectivity index (χ0) is 19.1. The van der Waals surface area contributed by atoms with E-state index in [4.69, 9.17) is 0 Å². The van der Waals surface area contributed by atoms with Crippen LogP contribution in [0.15, 0.2) is 53.9 Å². The predicted molar refractivity (Wildman–Crippen MR) is 112 cm³/mol. The number of hydrogen-bond acceptors (Lipinski definition) is 3. The molecule has 27 heavy (non-hydrogen) atoms. The molecule has 1 saturated heterocycles. The van der Waals surface area contributed by atoms with E-state index in [0.29, 0.717) is 6.54 Å². The standard InChI is InChI=1S/C22H28N2O2S/c1-19-9-11-20(12-10-19)13-16-27(25,26)23-17-21-7-3-4-8-22(21)18-24-14-5-2-6-15-24/h3-4,7-13,16,23H,2,5-6,14-15,17-18H2,1H3. The van der Waals surface area contributed by atoms with Gasteiger partial charge in [0.15, 0.2) is 0 Å². The Morgan fingerprint density at radius 1 is 0.963 bits per heavy atom. The number of benzene rings is 2. The first-order valence-electron chi connectivity index (χ1n) is 9.55. The predicted octanol–water partition coefficient (Wildman–Crippen LogP) is 4.07. The van der Waals surface area contributed by atoms with Crippen LogP contribution in [0, 0.1) is 6.92 Å². The largest absolute Gasteiger partial charge is 0.299 e. The molecule has 0 saturated carbocycles. The van der Waals surface area contributed by atoms with E-state index < -0.39 is 10.0 Å². The average molecular weight is 385 g/mol. The van der Waals surface area contributed by atoms with Crippen LogP contribution in [0.3, 0.4) is 0 Å². The van der Waals surface area contributed by atoms with Gasteiger partial charge in [0.2, 0.25) is 10.0 Å². The van der Waals surface area contributed by atoms with Crippen molar-refractivity contribution in [2.75, 3.05) is 13.1 Å². The third kappa shape index (κ3) is 6.31. The molecule has 2 aromatic carbocycles. The van der Waals surface area contributed by atoms with Crippen LogP contribution in [0.2, 0.25) is 0 Å². The van der Waals surface area contributed by atoms with Gasteiger partial charge in [0.05, 0.1) is 0 Å². The molecular weight excluding hydrogens is 356 g/mol. The maximum absolute atomic E-state index is 12.3. The Morgan fingerprint density at radius 2 is 1.63 bits per heavy atom. The molecule has 1 fully saturated rings. The first-order chi connectivity index (χ1) is 13.0. The van der Waals surface area contributed by atoms with E-state index in [2.05, 4.69) is 15.7 Å². The monoisotopic (exact) mass is 384 g/mol. The maximum atomic E-state index is 12.3. The average Bonchev–Trinajstić information content (AvgIpc) is 2.68. The lowest BCUT2D eigenvalue weighted by atomic mass is 10.1. The van der Waals surface area contributed by atoms with Crippen molar-refractivity contribution in [2.45, 2.75) is 39.3 Å². The molecule has 1 heterocycles. The molecule has 0 unspecified atom stereocenters. The number of likely N-dealkylation sites (tertiary alicyclic amines) is 1. The van der Waals surface area contributed by atoms with Crippen LogP contribution in [0.25, 0.3) is 6.08 Å². The Balaban J connectivity index is 1.62. The van der Waals surface area contributed by atoms with Gasteiger partial charge >= 0.3 is 0 Å². The van der Waals surface area contributed by atoms with Crippen LogP contribution < -0.4 is 4.72 Å². The fraction of sp³-hybridized carbons (Fsp3) is 0.364. The lowest BCUT2D eigenvalue weighted by Gasteiger charge is -2.27. The van der Waals surface area contributed by atoms with Crippen LogP contribution in [0.5, 0.6) is 0 Å². The first kappa shape index (κ1) is 19.8. The molecule has 5 heteroatoms. The molecule has 1 N–H and O–H groups in total. The zero-order valence-electron chi connectivity index (χ0n) is 15.9. The van der Waals surface area contributed by atoms with Crippen molar-refractivity contribution < 1.29 is 8.42 Å². The van der Waals surface area contributed by atoms with Crippen molar-refractivity contribution >= 4 is 16.1 Å². The molecule has 2 aromatic rings. The molecule has 1 aliphatic heterocycles. The van der Waals surface area contributed by atoms with Gasteiger partial charge in [0.1, 0.15) is 0 Å². The summed E-state index contributed by atoms with van der Waals surface area (Å²) >= 11 is 0. The number of piperidine rings is 1. The SMILES string of the molecule is Cc1ccc(C=CS(=O)(=O)NCc2ccccc2CN2CCCCC2)cc1. The lowest BCUT2D eigenvalue weighted by Crippen LogP contribution is -2.30. The van der Waals surface area contributed by atoms with E-state index in [9.17, 15) is 8.42 Å². The lowest BCUT2D eigenvalue weighted by molar-refractivity contribution is 0.220. The summed E-state index contributed by atoms with van der Waals surface area (Å²) in [6.07, 6.45) is 5.43. The summed E-state index contributed by atoms with van der Waals surface area (Å²) in [4.78, 5) is 2.45. The molecule has 0 atom stereocenters. The fourth-order valence-electron chi connectivity index (χ4n) is 3.31. The highest BCUT2D eigenvalue weighted by Crippen LogP contribution is 2.16. The minimum Gasteiger partial charge on any atom is -0.299 e. The number of hydrogen-bond donors (Lipinski definition) is 1. The highest BCUT2D eigenvalue weighted by Gasteiger charge is 2.13. The number of aryl methyl sites for hydroxylation is 1.